The fourth-order valence-electron chi connectivity index (χ4n) is 2.56. The van der Waals surface area contributed by atoms with Gasteiger partial charge in [0.2, 0.25) is 5.91 Å². The SMILES string of the molecule is CC(C)N(Cc1ccccc1)C(=O)C1CCCCN1. The number of amides is 1. The molecular weight excluding hydrogens is 236 g/mol. The molecule has 3 heteroatoms. The zero-order valence-electron chi connectivity index (χ0n) is 11.9. The Bertz CT molecular complexity index is 396. The molecule has 104 valence electrons. The molecule has 2 rings (SSSR count). The third-order valence-corrected chi connectivity index (χ3v) is 3.71. The molecular formula is C16H24N2O. The first kappa shape index (κ1) is 14.1. The van der Waals surface area contributed by atoms with E-state index in [0.717, 1.165) is 19.4 Å². The van der Waals surface area contributed by atoms with Crippen LogP contribution in [0.2, 0.25) is 0 Å². The molecule has 0 saturated carbocycles. The van der Waals surface area contributed by atoms with Crippen LogP contribution in [-0.2, 0) is 11.3 Å². The van der Waals surface area contributed by atoms with Gasteiger partial charge in [0.1, 0.15) is 0 Å². The molecule has 3 nitrogen and oxygen atoms in total. The van der Waals surface area contributed by atoms with Crippen molar-refractivity contribution in [3.63, 3.8) is 0 Å². The zero-order valence-corrected chi connectivity index (χ0v) is 11.9. The Labute approximate surface area is 116 Å². The lowest BCUT2D eigenvalue weighted by Gasteiger charge is -2.32. The first-order chi connectivity index (χ1) is 9.18. The minimum atomic E-state index is 0.0138. The normalized spacial score (nSPS) is 19.4. The summed E-state index contributed by atoms with van der Waals surface area (Å²) in [6.45, 7) is 5.84. The monoisotopic (exact) mass is 260 g/mol. The minimum absolute atomic E-state index is 0.0138. The van der Waals surface area contributed by atoms with Crippen molar-refractivity contribution in [1.82, 2.24) is 10.2 Å². The molecule has 1 fully saturated rings. The first-order valence-electron chi connectivity index (χ1n) is 7.26. The Balaban J connectivity index is 2.04. The molecule has 0 bridgehead atoms. The van der Waals surface area contributed by atoms with Crippen LogP contribution < -0.4 is 5.32 Å². The van der Waals surface area contributed by atoms with Crippen molar-refractivity contribution in [3.8, 4) is 0 Å². The van der Waals surface area contributed by atoms with Gasteiger partial charge in [-0.05, 0) is 38.8 Å². The number of piperidine rings is 1. The molecule has 1 heterocycles. The maximum absolute atomic E-state index is 12.6. The largest absolute Gasteiger partial charge is 0.335 e. The topological polar surface area (TPSA) is 32.3 Å². The van der Waals surface area contributed by atoms with Gasteiger partial charge in [-0.1, -0.05) is 36.8 Å². The molecule has 1 saturated heterocycles. The van der Waals surface area contributed by atoms with Crippen molar-refractivity contribution in [2.75, 3.05) is 6.54 Å². The second-order valence-electron chi connectivity index (χ2n) is 5.55. The molecule has 0 spiro atoms. The fraction of sp³-hybridized carbons (Fsp3) is 0.562. The fourth-order valence-corrected chi connectivity index (χ4v) is 2.56. The van der Waals surface area contributed by atoms with E-state index in [1.807, 2.05) is 23.1 Å². The van der Waals surface area contributed by atoms with Gasteiger partial charge in [0.15, 0.2) is 0 Å². The van der Waals surface area contributed by atoms with Crippen molar-refractivity contribution < 1.29 is 4.79 Å². The van der Waals surface area contributed by atoms with E-state index in [2.05, 4.69) is 31.3 Å². The summed E-state index contributed by atoms with van der Waals surface area (Å²) in [4.78, 5) is 14.6. The van der Waals surface area contributed by atoms with Crippen molar-refractivity contribution in [2.24, 2.45) is 0 Å². The molecule has 0 radical (unpaired) electrons. The van der Waals surface area contributed by atoms with Crippen LogP contribution in [0.15, 0.2) is 30.3 Å². The predicted molar refractivity (Wildman–Crippen MR) is 77.8 cm³/mol. The lowest BCUT2D eigenvalue weighted by Crippen LogP contribution is -2.50. The lowest BCUT2D eigenvalue weighted by molar-refractivity contribution is -0.136. The molecule has 1 aromatic rings. The van der Waals surface area contributed by atoms with E-state index < -0.39 is 0 Å². The Morgan fingerprint density at radius 3 is 2.63 bits per heavy atom. The van der Waals surface area contributed by atoms with Crippen molar-refractivity contribution in [3.05, 3.63) is 35.9 Å². The van der Waals surface area contributed by atoms with Gasteiger partial charge in [-0.3, -0.25) is 4.79 Å². The maximum Gasteiger partial charge on any atom is 0.240 e. The summed E-state index contributed by atoms with van der Waals surface area (Å²) in [5, 5.41) is 3.35. The Morgan fingerprint density at radius 1 is 1.32 bits per heavy atom. The third kappa shape index (κ3) is 3.80. The summed E-state index contributed by atoms with van der Waals surface area (Å²) >= 11 is 0. The number of rotatable bonds is 4. The van der Waals surface area contributed by atoms with Gasteiger partial charge in [0.25, 0.3) is 0 Å². The van der Waals surface area contributed by atoms with Gasteiger partial charge in [-0.25, -0.2) is 0 Å². The molecule has 0 aromatic heterocycles. The Kier molecular flexibility index (Phi) is 4.97. The van der Waals surface area contributed by atoms with Gasteiger partial charge in [-0.2, -0.15) is 0 Å². The van der Waals surface area contributed by atoms with Crippen LogP contribution in [0.3, 0.4) is 0 Å². The maximum atomic E-state index is 12.6. The minimum Gasteiger partial charge on any atom is -0.335 e. The predicted octanol–water partition coefficient (Wildman–Crippen LogP) is 2.57. The third-order valence-electron chi connectivity index (χ3n) is 3.71. The van der Waals surface area contributed by atoms with Crippen LogP contribution in [0.1, 0.15) is 38.7 Å². The Hall–Kier alpha value is -1.35. The molecule has 0 aliphatic carbocycles. The molecule has 1 aliphatic rings. The summed E-state index contributed by atoms with van der Waals surface area (Å²) in [6.07, 6.45) is 3.31. The quantitative estimate of drug-likeness (QED) is 0.902. The zero-order chi connectivity index (χ0) is 13.7. The highest BCUT2D eigenvalue weighted by Gasteiger charge is 2.27. The summed E-state index contributed by atoms with van der Waals surface area (Å²) in [5.41, 5.74) is 1.19. The second kappa shape index (κ2) is 6.71. The number of nitrogens with zero attached hydrogens (tertiary/aromatic N) is 1. The van der Waals surface area contributed by atoms with Gasteiger partial charge < -0.3 is 10.2 Å². The van der Waals surface area contributed by atoms with Crippen molar-refractivity contribution in [1.29, 1.82) is 0 Å². The average molecular weight is 260 g/mol. The smallest absolute Gasteiger partial charge is 0.240 e. The number of nitrogens with one attached hydrogen (secondary N) is 1. The summed E-state index contributed by atoms with van der Waals surface area (Å²) in [6, 6.07) is 10.5. The van der Waals surface area contributed by atoms with Gasteiger partial charge in [0.05, 0.1) is 6.04 Å². The van der Waals surface area contributed by atoms with Gasteiger partial charge >= 0.3 is 0 Å². The lowest BCUT2D eigenvalue weighted by atomic mass is 10.0. The summed E-state index contributed by atoms with van der Waals surface area (Å²) in [5.74, 6) is 0.249. The van der Waals surface area contributed by atoms with E-state index >= 15 is 0 Å². The van der Waals surface area contributed by atoms with Gasteiger partial charge in [-0.15, -0.1) is 0 Å². The average Bonchev–Trinajstić information content (AvgIpc) is 2.46. The first-order valence-corrected chi connectivity index (χ1v) is 7.26. The van der Waals surface area contributed by atoms with E-state index in [4.69, 9.17) is 0 Å². The molecule has 1 amide bonds. The number of benzene rings is 1. The van der Waals surface area contributed by atoms with E-state index in [9.17, 15) is 4.79 Å². The molecule has 1 N–H and O–H groups in total. The molecule has 19 heavy (non-hydrogen) atoms. The van der Waals surface area contributed by atoms with Crippen molar-refractivity contribution in [2.45, 2.75) is 51.7 Å². The highest BCUT2D eigenvalue weighted by Crippen LogP contribution is 2.14. The van der Waals surface area contributed by atoms with Crippen LogP contribution in [0.4, 0.5) is 0 Å². The van der Waals surface area contributed by atoms with E-state index in [1.54, 1.807) is 0 Å². The summed E-state index contributed by atoms with van der Waals surface area (Å²) < 4.78 is 0. The van der Waals surface area contributed by atoms with Crippen LogP contribution in [0.5, 0.6) is 0 Å². The van der Waals surface area contributed by atoms with Crippen LogP contribution in [0, 0.1) is 0 Å². The number of hydrogen-bond donors (Lipinski definition) is 1. The highest BCUT2D eigenvalue weighted by atomic mass is 16.2. The van der Waals surface area contributed by atoms with E-state index in [-0.39, 0.29) is 18.0 Å². The van der Waals surface area contributed by atoms with E-state index in [0.29, 0.717) is 6.54 Å². The highest BCUT2D eigenvalue weighted by molar-refractivity contribution is 5.82. The molecule has 1 aliphatic heterocycles. The standard InChI is InChI=1S/C16H24N2O/c1-13(2)18(12-14-8-4-3-5-9-14)16(19)15-10-6-7-11-17-15/h3-5,8-9,13,15,17H,6-7,10-12H2,1-2H3. The molecule has 1 aromatic carbocycles. The number of hydrogen-bond acceptors (Lipinski definition) is 2. The van der Waals surface area contributed by atoms with Crippen LogP contribution in [0.25, 0.3) is 0 Å². The van der Waals surface area contributed by atoms with Crippen LogP contribution in [-0.4, -0.2) is 29.4 Å². The van der Waals surface area contributed by atoms with Gasteiger partial charge in [0, 0.05) is 12.6 Å². The second-order valence-corrected chi connectivity index (χ2v) is 5.55. The molecule has 1 unspecified atom stereocenters. The summed E-state index contributed by atoms with van der Waals surface area (Å²) in [7, 11) is 0. The number of carbonyl (C=O) groups excluding carboxylic acids is 1. The van der Waals surface area contributed by atoms with Crippen molar-refractivity contribution >= 4 is 5.91 Å². The number of carbonyl (C=O) groups is 1. The van der Waals surface area contributed by atoms with E-state index in [1.165, 1.54) is 12.0 Å². The Morgan fingerprint density at radius 2 is 2.05 bits per heavy atom. The van der Waals surface area contributed by atoms with Crippen LogP contribution >= 0.6 is 0 Å². The molecule has 1 atom stereocenters.